The summed E-state index contributed by atoms with van der Waals surface area (Å²) in [4.78, 5) is 8.31. The molecular formula is C18H12FN9S. The zero-order chi connectivity index (χ0) is 19.8. The topological polar surface area (TPSA) is 99.6 Å². The Hall–Kier alpha value is -3.73. The van der Waals surface area contributed by atoms with Crippen LogP contribution >= 0.6 is 11.8 Å². The second-order valence-corrected chi connectivity index (χ2v) is 6.99. The van der Waals surface area contributed by atoms with Crippen molar-refractivity contribution in [3.05, 3.63) is 60.8 Å². The van der Waals surface area contributed by atoms with E-state index in [4.69, 9.17) is 0 Å². The zero-order valence-corrected chi connectivity index (χ0v) is 15.8. The van der Waals surface area contributed by atoms with Crippen molar-refractivity contribution >= 4 is 17.4 Å². The highest BCUT2D eigenvalue weighted by molar-refractivity contribution is 7.99. The van der Waals surface area contributed by atoms with Crippen LogP contribution in [0.2, 0.25) is 0 Å². The molecule has 142 valence electrons. The van der Waals surface area contributed by atoms with Crippen LogP contribution < -0.4 is 0 Å². The summed E-state index contributed by atoms with van der Waals surface area (Å²) in [5.74, 6) is 0.542. The molecular weight excluding hydrogens is 393 g/mol. The van der Waals surface area contributed by atoms with E-state index >= 15 is 0 Å². The van der Waals surface area contributed by atoms with E-state index in [2.05, 4.69) is 35.5 Å². The molecule has 0 aliphatic heterocycles. The zero-order valence-electron chi connectivity index (χ0n) is 15.0. The van der Waals surface area contributed by atoms with Crippen LogP contribution in [0.1, 0.15) is 0 Å². The van der Waals surface area contributed by atoms with Crippen LogP contribution in [0.25, 0.3) is 28.6 Å². The van der Waals surface area contributed by atoms with Gasteiger partial charge in [0.2, 0.25) is 0 Å². The van der Waals surface area contributed by atoms with E-state index < -0.39 is 0 Å². The fraction of sp³-hybridized carbons (Fsp3) is 0.0556. The summed E-state index contributed by atoms with van der Waals surface area (Å²) in [6.45, 7) is 0. The van der Waals surface area contributed by atoms with Gasteiger partial charge < -0.3 is 4.57 Å². The molecule has 11 heteroatoms. The molecule has 4 heterocycles. The monoisotopic (exact) mass is 405 g/mol. The van der Waals surface area contributed by atoms with Crippen LogP contribution in [0.3, 0.4) is 0 Å². The molecule has 0 radical (unpaired) electrons. The Balaban J connectivity index is 1.52. The van der Waals surface area contributed by atoms with Gasteiger partial charge in [0.05, 0.1) is 11.8 Å². The average Bonchev–Trinajstić information content (AvgIpc) is 3.33. The second kappa shape index (κ2) is 7.02. The lowest BCUT2D eigenvalue weighted by Crippen LogP contribution is -1.99. The third-order valence-corrected chi connectivity index (χ3v) is 5.14. The van der Waals surface area contributed by atoms with Crippen molar-refractivity contribution in [1.82, 2.24) is 44.5 Å². The van der Waals surface area contributed by atoms with Crippen LogP contribution in [0, 0.1) is 5.82 Å². The predicted octanol–water partition coefficient (Wildman–Crippen LogP) is 2.67. The molecule has 0 fully saturated rings. The smallest absolute Gasteiger partial charge is 0.197 e. The lowest BCUT2D eigenvalue weighted by molar-refractivity contribution is 0.629. The number of hydrogen-bond acceptors (Lipinski definition) is 8. The van der Waals surface area contributed by atoms with Crippen molar-refractivity contribution in [2.75, 3.05) is 0 Å². The number of rotatable bonds is 4. The summed E-state index contributed by atoms with van der Waals surface area (Å²) >= 11 is 1.32. The fourth-order valence-corrected chi connectivity index (χ4v) is 3.52. The van der Waals surface area contributed by atoms with Gasteiger partial charge in [0.15, 0.2) is 22.5 Å². The number of nitrogens with zero attached hydrogens (tertiary/aromatic N) is 9. The molecule has 4 aromatic heterocycles. The van der Waals surface area contributed by atoms with Crippen molar-refractivity contribution in [3.63, 3.8) is 0 Å². The van der Waals surface area contributed by atoms with Gasteiger partial charge in [0.25, 0.3) is 0 Å². The Morgan fingerprint density at radius 3 is 2.62 bits per heavy atom. The third kappa shape index (κ3) is 3.10. The Morgan fingerprint density at radius 1 is 0.931 bits per heavy atom. The lowest BCUT2D eigenvalue weighted by Gasteiger charge is -2.04. The van der Waals surface area contributed by atoms with Crippen LogP contribution in [0.4, 0.5) is 4.39 Å². The van der Waals surface area contributed by atoms with Crippen molar-refractivity contribution in [2.45, 2.75) is 10.2 Å². The van der Waals surface area contributed by atoms with Gasteiger partial charge in [-0.3, -0.25) is 4.98 Å². The SMILES string of the molecule is Cn1c(Sc2ccc3nnc(-c4ccccc4F)n3n2)nnc1-c1cnccn1. The predicted molar refractivity (Wildman–Crippen MR) is 102 cm³/mol. The summed E-state index contributed by atoms with van der Waals surface area (Å²) in [6, 6.07) is 9.96. The van der Waals surface area contributed by atoms with Gasteiger partial charge in [0, 0.05) is 19.4 Å². The van der Waals surface area contributed by atoms with Gasteiger partial charge in [0.1, 0.15) is 16.5 Å². The van der Waals surface area contributed by atoms with Gasteiger partial charge in [-0.25, -0.2) is 9.37 Å². The molecule has 29 heavy (non-hydrogen) atoms. The van der Waals surface area contributed by atoms with E-state index in [9.17, 15) is 4.39 Å². The molecule has 0 spiro atoms. The molecule has 0 aliphatic carbocycles. The van der Waals surface area contributed by atoms with Gasteiger partial charge in [-0.15, -0.1) is 20.4 Å². The number of benzene rings is 1. The molecule has 0 saturated carbocycles. The Labute approximate surface area is 167 Å². The number of fused-ring (bicyclic) bond motifs is 1. The van der Waals surface area contributed by atoms with Crippen molar-refractivity contribution in [3.8, 4) is 22.9 Å². The van der Waals surface area contributed by atoms with Crippen LogP contribution in [0.5, 0.6) is 0 Å². The van der Waals surface area contributed by atoms with E-state index in [-0.39, 0.29) is 5.82 Å². The van der Waals surface area contributed by atoms with E-state index in [1.165, 1.54) is 22.3 Å². The minimum absolute atomic E-state index is 0.332. The first-order valence-corrected chi connectivity index (χ1v) is 9.33. The molecule has 1 aromatic carbocycles. The molecule has 5 rings (SSSR count). The maximum Gasteiger partial charge on any atom is 0.197 e. The number of halogens is 1. The first kappa shape index (κ1) is 17.4. The third-order valence-electron chi connectivity index (χ3n) is 4.18. The van der Waals surface area contributed by atoms with E-state index in [1.54, 1.807) is 48.9 Å². The highest BCUT2D eigenvalue weighted by Gasteiger charge is 2.16. The van der Waals surface area contributed by atoms with Crippen molar-refractivity contribution < 1.29 is 4.39 Å². The lowest BCUT2D eigenvalue weighted by atomic mass is 10.2. The molecule has 0 amide bonds. The molecule has 5 aromatic rings. The van der Waals surface area contributed by atoms with Gasteiger partial charge in [-0.05, 0) is 36.0 Å². The Morgan fingerprint density at radius 2 is 1.79 bits per heavy atom. The minimum atomic E-state index is -0.386. The van der Waals surface area contributed by atoms with Gasteiger partial charge in [-0.2, -0.15) is 9.61 Å². The summed E-state index contributed by atoms with van der Waals surface area (Å²) in [5.41, 5.74) is 1.47. The first-order chi connectivity index (χ1) is 14.2. The van der Waals surface area contributed by atoms with Crippen LogP contribution in [0.15, 0.2) is 65.2 Å². The van der Waals surface area contributed by atoms with Gasteiger partial charge >= 0.3 is 0 Å². The molecule has 9 nitrogen and oxygen atoms in total. The van der Waals surface area contributed by atoms with Crippen LogP contribution in [-0.2, 0) is 7.05 Å². The molecule has 0 aliphatic rings. The second-order valence-electron chi connectivity index (χ2n) is 6.00. The molecule has 0 atom stereocenters. The molecule has 0 saturated heterocycles. The molecule has 0 unspecified atom stereocenters. The number of hydrogen-bond donors (Lipinski definition) is 0. The normalized spacial score (nSPS) is 11.2. The summed E-state index contributed by atoms with van der Waals surface area (Å²) < 4.78 is 17.5. The average molecular weight is 405 g/mol. The van der Waals surface area contributed by atoms with Crippen molar-refractivity contribution in [1.29, 1.82) is 0 Å². The standard InChI is InChI=1S/C18H12FN9S/c1-27-17(13-10-20-8-9-21-13)24-25-18(27)29-15-7-6-14-22-23-16(28(14)26-15)11-4-2-3-5-12(11)19/h2-10H,1H3. The minimum Gasteiger partial charge on any atom is -0.303 e. The van der Waals surface area contributed by atoms with Crippen LogP contribution in [-0.4, -0.2) is 44.5 Å². The molecule has 0 bridgehead atoms. The number of aromatic nitrogens is 9. The summed E-state index contributed by atoms with van der Waals surface area (Å²) in [6.07, 6.45) is 4.82. The molecule has 0 N–H and O–H groups in total. The Kier molecular flexibility index (Phi) is 4.21. The first-order valence-electron chi connectivity index (χ1n) is 8.52. The largest absolute Gasteiger partial charge is 0.303 e. The Bertz CT molecular complexity index is 1320. The van der Waals surface area contributed by atoms with E-state index in [0.717, 1.165) is 0 Å². The maximum atomic E-state index is 14.2. The highest BCUT2D eigenvalue weighted by atomic mass is 32.2. The quantitative estimate of drug-likeness (QED) is 0.450. The fourth-order valence-electron chi connectivity index (χ4n) is 2.77. The van der Waals surface area contributed by atoms with Gasteiger partial charge in [-0.1, -0.05) is 12.1 Å². The van der Waals surface area contributed by atoms with Crippen molar-refractivity contribution in [2.24, 2.45) is 7.05 Å². The highest BCUT2D eigenvalue weighted by Crippen LogP contribution is 2.28. The summed E-state index contributed by atoms with van der Waals surface area (Å²) in [7, 11) is 1.84. The van der Waals surface area contributed by atoms with E-state index in [0.29, 0.717) is 38.7 Å². The summed E-state index contributed by atoms with van der Waals surface area (Å²) in [5, 5.41) is 22.4. The maximum absolute atomic E-state index is 14.2. The van der Waals surface area contributed by atoms with E-state index in [1.807, 2.05) is 11.6 Å².